The summed E-state index contributed by atoms with van der Waals surface area (Å²) in [6, 6.07) is 5.85. The van der Waals surface area contributed by atoms with Crippen LogP contribution in [0.1, 0.15) is 114 Å². The van der Waals surface area contributed by atoms with Gasteiger partial charge >= 0.3 is 5.97 Å². The zero-order valence-corrected chi connectivity index (χ0v) is 23.5. The minimum atomic E-state index is -0.876. The first-order chi connectivity index (χ1) is 17.4. The van der Waals surface area contributed by atoms with Crippen LogP contribution in [-0.2, 0) is 9.59 Å². The van der Waals surface area contributed by atoms with E-state index < -0.39 is 5.97 Å². The van der Waals surface area contributed by atoms with Crippen molar-refractivity contribution < 1.29 is 14.7 Å². The van der Waals surface area contributed by atoms with E-state index in [2.05, 4.69) is 47.8 Å². The van der Waals surface area contributed by atoms with Gasteiger partial charge in [0.15, 0.2) is 0 Å². The van der Waals surface area contributed by atoms with Crippen LogP contribution in [0.15, 0.2) is 18.2 Å². The number of aryl methyl sites for hydroxylation is 1. The smallest absolute Gasteiger partial charge is 0.303 e. The Kier molecular flexibility index (Phi) is 8.32. The Balaban J connectivity index is 1.50. The minimum Gasteiger partial charge on any atom is -0.481 e. The number of carboxylic acid groups (broad SMARTS) is 1. The van der Waals surface area contributed by atoms with Gasteiger partial charge in [0, 0.05) is 30.7 Å². The summed E-state index contributed by atoms with van der Waals surface area (Å²) in [5.41, 5.74) is 1.89. The molecule has 0 unspecified atom stereocenters. The lowest BCUT2D eigenvalue weighted by Gasteiger charge is -2.41. The second-order valence-corrected chi connectivity index (χ2v) is 12.7. The van der Waals surface area contributed by atoms with Crippen molar-refractivity contribution in [2.24, 2.45) is 17.3 Å². The van der Waals surface area contributed by atoms with Gasteiger partial charge in [-0.3, -0.25) is 9.59 Å². The van der Waals surface area contributed by atoms with E-state index in [1.54, 1.807) is 6.07 Å². The lowest BCUT2D eigenvalue weighted by molar-refractivity contribution is -0.137. The van der Waals surface area contributed by atoms with Crippen molar-refractivity contribution in [3.8, 4) is 0 Å². The summed E-state index contributed by atoms with van der Waals surface area (Å²) in [5, 5.41) is 22.0. The van der Waals surface area contributed by atoms with E-state index in [0.717, 1.165) is 42.9 Å². The number of hydrogen-bond donors (Lipinski definition) is 2. The van der Waals surface area contributed by atoms with Gasteiger partial charge in [-0.15, -0.1) is 10.2 Å². The number of nitrogens with one attached hydrogen (secondary N) is 1. The number of carbonyl (C=O) groups is 2. The van der Waals surface area contributed by atoms with E-state index in [0.29, 0.717) is 46.3 Å². The van der Waals surface area contributed by atoms with Crippen LogP contribution in [0.3, 0.4) is 0 Å². The average molecular weight is 529 g/mol. The molecule has 2 fully saturated rings. The van der Waals surface area contributed by atoms with E-state index >= 15 is 0 Å². The molecule has 0 spiro atoms. The molecule has 1 aromatic heterocycles. The third-order valence-electron chi connectivity index (χ3n) is 8.54. The summed E-state index contributed by atoms with van der Waals surface area (Å²) < 4.78 is 2.26. The van der Waals surface area contributed by atoms with Crippen LogP contribution in [0.5, 0.6) is 0 Å². The highest BCUT2D eigenvalue weighted by atomic mass is 35.5. The molecule has 1 heterocycles. The number of nitrogens with zero attached hydrogens (tertiary/aromatic N) is 3. The normalized spacial score (nSPS) is 20.5. The molecule has 1 amide bonds. The predicted molar refractivity (Wildman–Crippen MR) is 146 cm³/mol. The fraction of sp³-hybridized carbons (Fsp3) is 0.655. The first kappa shape index (κ1) is 27.6. The highest BCUT2D eigenvalue weighted by Gasteiger charge is 2.41. The van der Waals surface area contributed by atoms with Gasteiger partial charge in [0.1, 0.15) is 11.6 Å². The Bertz CT molecular complexity index is 1130. The molecule has 1 atom stereocenters. The van der Waals surface area contributed by atoms with E-state index in [1.807, 2.05) is 19.1 Å². The number of hydrogen-bond acceptors (Lipinski definition) is 4. The summed E-state index contributed by atoms with van der Waals surface area (Å²) in [5.74, 6) is 2.11. The molecule has 2 N–H and O–H groups in total. The third kappa shape index (κ3) is 6.73. The van der Waals surface area contributed by atoms with Crippen molar-refractivity contribution in [1.82, 2.24) is 14.8 Å². The van der Waals surface area contributed by atoms with Crippen molar-refractivity contribution in [2.75, 3.05) is 5.32 Å². The van der Waals surface area contributed by atoms with Crippen molar-refractivity contribution >= 4 is 29.2 Å². The van der Waals surface area contributed by atoms with E-state index in [4.69, 9.17) is 11.6 Å². The largest absolute Gasteiger partial charge is 0.481 e. The van der Waals surface area contributed by atoms with Crippen LogP contribution >= 0.6 is 11.6 Å². The van der Waals surface area contributed by atoms with Crippen molar-refractivity contribution in [3.05, 3.63) is 40.4 Å². The monoisotopic (exact) mass is 528 g/mol. The molecule has 2 aromatic rings. The zero-order valence-electron chi connectivity index (χ0n) is 22.8. The van der Waals surface area contributed by atoms with Crippen molar-refractivity contribution in [2.45, 2.75) is 104 Å². The Hall–Kier alpha value is -2.41. The maximum atomic E-state index is 13.0. The predicted octanol–water partition coefficient (Wildman–Crippen LogP) is 7.12. The molecule has 1 aromatic carbocycles. The number of benzene rings is 1. The number of rotatable bonds is 12. The number of carboxylic acids is 1. The maximum absolute atomic E-state index is 13.0. The van der Waals surface area contributed by atoms with Crippen LogP contribution < -0.4 is 5.32 Å². The van der Waals surface area contributed by atoms with Crippen LogP contribution in [0, 0.1) is 24.2 Å². The lowest BCUT2D eigenvalue weighted by atomic mass is 9.65. The zero-order chi connectivity index (χ0) is 26.9. The SMILES string of the molecule is Cc1ccc(NC(=O)C[C@H](CCC(=O)O)c2nnc([C@H]3C[C@@H](CC(C)(C)C(C)C)C3)n2C2CC2)c(Cl)c1. The summed E-state index contributed by atoms with van der Waals surface area (Å²) in [4.78, 5) is 24.5. The van der Waals surface area contributed by atoms with Crippen molar-refractivity contribution in [1.29, 1.82) is 0 Å². The fourth-order valence-corrected chi connectivity index (χ4v) is 5.72. The van der Waals surface area contributed by atoms with Crippen LogP contribution in [-0.4, -0.2) is 31.7 Å². The number of aliphatic carboxylic acids is 1. The standard InChI is InChI=1S/C29H41ClN4O3/c1-17(2)29(4,5)16-19-13-21(14-19)28-33-32-27(34(28)22-8-9-22)20(7-11-26(36)37)15-25(35)31-24-10-6-18(3)12-23(24)30/h6,10,12,17,19-22H,7-9,11,13-16H2,1-5H3,(H,31,35)(H,36,37)/t19-,20-,21+/m0/s1. The molecular formula is C29H41ClN4O3. The number of aromatic nitrogens is 3. The lowest BCUT2D eigenvalue weighted by Crippen LogP contribution is -2.31. The molecule has 2 aliphatic rings. The number of anilines is 1. The molecule has 202 valence electrons. The van der Waals surface area contributed by atoms with E-state index in [9.17, 15) is 14.7 Å². The molecule has 4 rings (SSSR count). The second-order valence-electron chi connectivity index (χ2n) is 12.3. The molecule has 0 aliphatic heterocycles. The molecule has 8 heteroatoms. The van der Waals surface area contributed by atoms with Gasteiger partial charge in [-0.2, -0.15) is 0 Å². The molecule has 37 heavy (non-hydrogen) atoms. The van der Waals surface area contributed by atoms with Gasteiger partial charge in [0.05, 0.1) is 10.7 Å². The topological polar surface area (TPSA) is 97.1 Å². The van der Waals surface area contributed by atoms with Crippen LogP contribution in [0.4, 0.5) is 5.69 Å². The van der Waals surface area contributed by atoms with Gasteiger partial charge < -0.3 is 15.0 Å². The summed E-state index contributed by atoms with van der Waals surface area (Å²) in [6.45, 7) is 11.3. The molecular weight excluding hydrogens is 488 g/mol. The summed E-state index contributed by atoms with van der Waals surface area (Å²) in [6.07, 6.45) is 6.06. The number of carbonyl (C=O) groups excluding carboxylic acids is 1. The third-order valence-corrected chi connectivity index (χ3v) is 8.85. The van der Waals surface area contributed by atoms with Gasteiger partial charge in [-0.1, -0.05) is 45.4 Å². The van der Waals surface area contributed by atoms with E-state index in [1.165, 1.54) is 6.42 Å². The summed E-state index contributed by atoms with van der Waals surface area (Å²) in [7, 11) is 0. The first-order valence-electron chi connectivity index (χ1n) is 13.7. The second kappa shape index (κ2) is 11.1. The fourth-order valence-electron chi connectivity index (χ4n) is 5.44. The average Bonchev–Trinajstić information content (AvgIpc) is 3.53. The Morgan fingerprint density at radius 2 is 1.92 bits per heavy atom. The highest BCUT2D eigenvalue weighted by molar-refractivity contribution is 6.33. The molecule has 0 radical (unpaired) electrons. The highest BCUT2D eigenvalue weighted by Crippen LogP contribution is 2.50. The molecule has 2 aliphatic carbocycles. The molecule has 0 bridgehead atoms. The van der Waals surface area contributed by atoms with Crippen LogP contribution in [0.2, 0.25) is 5.02 Å². The number of halogens is 1. The van der Waals surface area contributed by atoms with E-state index in [-0.39, 0.29) is 24.7 Å². The van der Waals surface area contributed by atoms with Gasteiger partial charge in [0.25, 0.3) is 0 Å². The molecule has 2 saturated carbocycles. The van der Waals surface area contributed by atoms with Crippen molar-refractivity contribution in [3.63, 3.8) is 0 Å². The molecule has 7 nitrogen and oxygen atoms in total. The van der Waals surface area contributed by atoms with Crippen LogP contribution in [0.25, 0.3) is 0 Å². The van der Waals surface area contributed by atoms with Gasteiger partial charge in [-0.25, -0.2) is 0 Å². The Labute approximate surface area is 225 Å². The molecule has 0 saturated heterocycles. The van der Waals surface area contributed by atoms with Gasteiger partial charge in [-0.05, 0) is 80.4 Å². The number of amides is 1. The quantitative estimate of drug-likeness (QED) is 0.305. The minimum absolute atomic E-state index is 0.0219. The maximum Gasteiger partial charge on any atom is 0.303 e. The Morgan fingerprint density at radius 3 is 2.51 bits per heavy atom. The van der Waals surface area contributed by atoms with Gasteiger partial charge in [0.2, 0.25) is 5.91 Å². The Morgan fingerprint density at radius 1 is 1.22 bits per heavy atom. The first-order valence-corrected chi connectivity index (χ1v) is 14.0. The summed E-state index contributed by atoms with van der Waals surface area (Å²) >= 11 is 6.32.